The van der Waals surface area contributed by atoms with Crippen LogP contribution in [0.4, 0.5) is 0 Å². The lowest BCUT2D eigenvalue weighted by molar-refractivity contribution is -0.152. The summed E-state index contributed by atoms with van der Waals surface area (Å²) in [7, 11) is 0. The van der Waals surface area contributed by atoms with Crippen molar-refractivity contribution in [2.45, 2.75) is 45.4 Å². The summed E-state index contributed by atoms with van der Waals surface area (Å²) in [4.78, 5) is 16.6. The first-order valence-corrected chi connectivity index (χ1v) is 8.52. The Balaban J connectivity index is 1.89. The van der Waals surface area contributed by atoms with Gasteiger partial charge >= 0.3 is 5.97 Å². The molecule has 0 amide bonds. The van der Waals surface area contributed by atoms with Crippen LogP contribution in [-0.2, 0) is 11.2 Å². The minimum atomic E-state index is -0.639. The van der Waals surface area contributed by atoms with Gasteiger partial charge in [-0.2, -0.15) is 0 Å². The van der Waals surface area contributed by atoms with Crippen LogP contribution in [0.15, 0.2) is 24.3 Å². The van der Waals surface area contributed by atoms with Crippen LogP contribution in [0.2, 0.25) is 0 Å². The summed E-state index contributed by atoms with van der Waals surface area (Å²) in [5, 5.41) is 10.8. The molecule has 1 aromatic carbocycles. The maximum atomic E-state index is 11.9. The molecule has 1 aromatic heterocycles. The molecule has 1 saturated carbocycles. The third kappa shape index (κ3) is 2.82. The van der Waals surface area contributed by atoms with Crippen LogP contribution < -0.4 is 0 Å². The van der Waals surface area contributed by atoms with Crippen LogP contribution >= 0.6 is 11.3 Å². The highest BCUT2D eigenvalue weighted by Gasteiger charge is 2.43. The summed E-state index contributed by atoms with van der Waals surface area (Å²) in [6, 6.07) is 8.04. The van der Waals surface area contributed by atoms with Crippen LogP contribution in [0, 0.1) is 11.3 Å². The number of aromatic nitrogens is 1. The number of nitrogens with zero attached hydrogens (tertiary/aromatic N) is 1. The molecule has 2 atom stereocenters. The Hall–Kier alpha value is -1.42. The number of hydrogen-bond donors (Lipinski definition) is 1. The Morgan fingerprint density at radius 2 is 2.29 bits per heavy atom. The zero-order chi connectivity index (χ0) is 14.9. The lowest BCUT2D eigenvalue weighted by atomic mass is 9.67. The van der Waals surface area contributed by atoms with Gasteiger partial charge in [0, 0.05) is 6.42 Å². The monoisotopic (exact) mass is 303 g/mol. The Labute approximate surface area is 129 Å². The van der Waals surface area contributed by atoms with Crippen molar-refractivity contribution in [2.24, 2.45) is 11.3 Å². The van der Waals surface area contributed by atoms with E-state index < -0.39 is 11.4 Å². The van der Waals surface area contributed by atoms with Gasteiger partial charge in [0.25, 0.3) is 0 Å². The Kier molecular flexibility index (Phi) is 3.98. The predicted molar refractivity (Wildman–Crippen MR) is 85.6 cm³/mol. The Morgan fingerprint density at radius 1 is 1.48 bits per heavy atom. The number of para-hydroxylation sites is 1. The van der Waals surface area contributed by atoms with Crippen LogP contribution in [0.5, 0.6) is 0 Å². The standard InChI is InChI=1S/C17H21NO2S/c1-2-12-6-5-9-17(10-12,16(19)20)11-15-18-13-7-3-4-8-14(13)21-15/h3-4,7-8,12H,2,5-6,9-11H2,1H3,(H,19,20). The molecule has 1 aliphatic rings. The number of rotatable bonds is 4. The molecule has 3 nitrogen and oxygen atoms in total. The molecule has 1 N–H and O–H groups in total. The fraction of sp³-hybridized carbons (Fsp3) is 0.529. The number of thiazole rings is 1. The van der Waals surface area contributed by atoms with Crippen molar-refractivity contribution in [2.75, 3.05) is 0 Å². The average molecular weight is 303 g/mol. The minimum absolute atomic E-state index is 0.546. The zero-order valence-electron chi connectivity index (χ0n) is 12.3. The molecule has 1 fully saturated rings. The molecule has 0 aliphatic heterocycles. The maximum Gasteiger partial charge on any atom is 0.310 e. The van der Waals surface area contributed by atoms with E-state index in [1.54, 1.807) is 11.3 Å². The highest BCUT2D eigenvalue weighted by atomic mass is 32.1. The second kappa shape index (κ2) is 5.76. The first kappa shape index (κ1) is 14.5. The molecule has 2 unspecified atom stereocenters. The molecule has 0 spiro atoms. The van der Waals surface area contributed by atoms with Crippen molar-refractivity contribution < 1.29 is 9.90 Å². The SMILES string of the molecule is CCC1CCCC(Cc2nc3ccccc3s2)(C(=O)O)C1. The molecule has 0 bridgehead atoms. The molecular formula is C17H21NO2S. The number of carbonyl (C=O) groups is 1. The molecule has 1 heterocycles. The molecule has 3 rings (SSSR count). The van der Waals surface area contributed by atoms with E-state index in [1.165, 1.54) is 6.42 Å². The lowest BCUT2D eigenvalue weighted by Gasteiger charge is -2.37. The van der Waals surface area contributed by atoms with Gasteiger partial charge < -0.3 is 5.11 Å². The smallest absolute Gasteiger partial charge is 0.310 e. The number of carboxylic acid groups (broad SMARTS) is 1. The van der Waals surface area contributed by atoms with Gasteiger partial charge in [-0.05, 0) is 30.9 Å². The molecule has 112 valence electrons. The number of carboxylic acids is 1. The highest BCUT2D eigenvalue weighted by Crippen LogP contribution is 2.44. The zero-order valence-corrected chi connectivity index (χ0v) is 13.2. The van der Waals surface area contributed by atoms with Crippen LogP contribution in [0.3, 0.4) is 0 Å². The van der Waals surface area contributed by atoms with E-state index in [0.717, 1.165) is 40.9 Å². The second-order valence-corrected chi connectivity index (χ2v) is 7.32. The van der Waals surface area contributed by atoms with E-state index in [4.69, 9.17) is 0 Å². The van der Waals surface area contributed by atoms with E-state index in [2.05, 4.69) is 18.0 Å². The van der Waals surface area contributed by atoms with Crippen molar-refractivity contribution in [3.63, 3.8) is 0 Å². The number of aliphatic carboxylic acids is 1. The van der Waals surface area contributed by atoms with Crippen molar-refractivity contribution >= 4 is 27.5 Å². The summed E-state index contributed by atoms with van der Waals surface area (Å²) in [5.74, 6) is -0.0934. The first-order valence-electron chi connectivity index (χ1n) is 7.71. The Morgan fingerprint density at radius 3 is 3.00 bits per heavy atom. The molecular weight excluding hydrogens is 282 g/mol. The molecule has 2 aromatic rings. The fourth-order valence-corrected chi connectivity index (χ4v) is 4.66. The van der Waals surface area contributed by atoms with E-state index in [1.807, 2.05) is 18.2 Å². The number of benzene rings is 1. The molecule has 4 heteroatoms. The maximum absolute atomic E-state index is 11.9. The molecule has 0 radical (unpaired) electrons. The molecule has 1 aliphatic carbocycles. The number of hydrogen-bond acceptors (Lipinski definition) is 3. The van der Waals surface area contributed by atoms with Gasteiger partial charge in [-0.1, -0.05) is 38.3 Å². The van der Waals surface area contributed by atoms with Crippen molar-refractivity contribution in [3.8, 4) is 0 Å². The van der Waals surface area contributed by atoms with Crippen LogP contribution in [-0.4, -0.2) is 16.1 Å². The lowest BCUT2D eigenvalue weighted by Crippen LogP contribution is -2.38. The third-order valence-electron chi connectivity index (χ3n) is 4.81. The van der Waals surface area contributed by atoms with Crippen molar-refractivity contribution in [1.82, 2.24) is 4.98 Å². The molecule has 21 heavy (non-hydrogen) atoms. The topological polar surface area (TPSA) is 50.2 Å². The fourth-order valence-electron chi connectivity index (χ4n) is 3.55. The first-order chi connectivity index (χ1) is 10.1. The quantitative estimate of drug-likeness (QED) is 0.904. The second-order valence-electron chi connectivity index (χ2n) is 6.21. The normalized spacial score (nSPS) is 26.0. The van der Waals surface area contributed by atoms with Crippen LogP contribution in [0.25, 0.3) is 10.2 Å². The third-order valence-corrected chi connectivity index (χ3v) is 5.84. The largest absolute Gasteiger partial charge is 0.481 e. The van der Waals surface area contributed by atoms with Crippen molar-refractivity contribution in [1.29, 1.82) is 0 Å². The summed E-state index contributed by atoms with van der Waals surface area (Å²) in [5.41, 5.74) is 0.383. The van der Waals surface area contributed by atoms with Gasteiger partial charge in [-0.15, -0.1) is 11.3 Å². The summed E-state index contributed by atoms with van der Waals surface area (Å²) in [6.07, 6.45) is 5.44. The van der Waals surface area contributed by atoms with Gasteiger partial charge in [-0.25, -0.2) is 4.98 Å². The minimum Gasteiger partial charge on any atom is -0.481 e. The number of fused-ring (bicyclic) bond motifs is 1. The van der Waals surface area contributed by atoms with E-state index in [9.17, 15) is 9.90 Å². The predicted octanol–water partition coefficient (Wildman–Crippen LogP) is 4.51. The van der Waals surface area contributed by atoms with Gasteiger partial charge in [0.15, 0.2) is 0 Å². The van der Waals surface area contributed by atoms with Gasteiger partial charge in [0.05, 0.1) is 20.6 Å². The van der Waals surface area contributed by atoms with Gasteiger partial charge in [0.1, 0.15) is 0 Å². The Bertz CT molecular complexity index is 618. The van der Waals surface area contributed by atoms with Gasteiger partial charge in [0.2, 0.25) is 0 Å². The van der Waals surface area contributed by atoms with E-state index in [-0.39, 0.29) is 0 Å². The summed E-state index contributed by atoms with van der Waals surface area (Å²) in [6.45, 7) is 2.17. The summed E-state index contributed by atoms with van der Waals surface area (Å²) < 4.78 is 1.15. The van der Waals surface area contributed by atoms with E-state index in [0.29, 0.717) is 12.3 Å². The van der Waals surface area contributed by atoms with Gasteiger partial charge in [-0.3, -0.25) is 4.79 Å². The molecule has 0 saturated heterocycles. The highest BCUT2D eigenvalue weighted by molar-refractivity contribution is 7.18. The van der Waals surface area contributed by atoms with E-state index >= 15 is 0 Å². The van der Waals surface area contributed by atoms with Crippen LogP contribution in [0.1, 0.15) is 44.0 Å². The van der Waals surface area contributed by atoms with Crippen molar-refractivity contribution in [3.05, 3.63) is 29.3 Å². The average Bonchev–Trinajstić information content (AvgIpc) is 2.89. The summed E-state index contributed by atoms with van der Waals surface area (Å²) >= 11 is 1.64.